The maximum Gasteiger partial charge on any atom is 0.389 e. The van der Waals surface area contributed by atoms with E-state index in [1.165, 1.54) is 11.8 Å². The van der Waals surface area contributed by atoms with Crippen molar-refractivity contribution in [3.63, 3.8) is 0 Å². The van der Waals surface area contributed by atoms with Crippen molar-refractivity contribution in [1.82, 2.24) is 0 Å². The van der Waals surface area contributed by atoms with E-state index >= 15 is 0 Å². The second-order valence-corrected chi connectivity index (χ2v) is 7.06. The van der Waals surface area contributed by atoms with Crippen LogP contribution in [0.5, 0.6) is 0 Å². The first-order chi connectivity index (χ1) is 9.05. The predicted octanol–water partition coefficient (Wildman–Crippen LogP) is 4.96. The number of carbonyl (C=O) groups is 1. The van der Waals surface area contributed by atoms with Gasteiger partial charge in [-0.25, -0.2) is 0 Å². The molecule has 1 atom stereocenters. The van der Waals surface area contributed by atoms with Crippen LogP contribution >= 0.6 is 11.8 Å². The number of hydrogen-bond acceptors (Lipinski definition) is 3. The van der Waals surface area contributed by atoms with Crippen LogP contribution in [0.25, 0.3) is 0 Å². The zero-order valence-electron chi connectivity index (χ0n) is 12.7. The van der Waals surface area contributed by atoms with Gasteiger partial charge in [0.15, 0.2) is 0 Å². The van der Waals surface area contributed by atoms with Crippen LogP contribution in [0, 0.1) is 0 Å². The van der Waals surface area contributed by atoms with Crippen molar-refractivity contribution >= 4 is 17.7 Å². The number of alkyl halides is 3. The van der Waals surface area contributed by atoms with Gasteiger partial charge in [0.25, 0.3) is 0 Å². The SMILES string of the molecule is CCCCC(SCCCC(F)(F)F)C(=O)OC(C)(C)C. The number of ether oxygens (including phenoxy) is 1. The van der Waals surface area contributed by atoms with Gasteiger partial charge < -0.3 is 4.74 Å². The van der Waals surface area contributed by atoms with E-state index < -0.39 is 18.2 Å². The van der Waals surface area contributed by atoms with Crippen molar-refractivity contribution in [2.24, 2.45) is 0 Å². The van der Waals surface area contributed by atoms with E-state index in [2.05, 4.69) is 0 Å². The lowest BCUT2D eigenvalue weighted by atomic mass is 10.1. The quantitative estimate of drug-likeness (QED) is 0.468. The second-order valence-electron chi connectivity index (χ2n) is 5.75. The normalized spacial score (nSPS) is 14.2. The van der Waals surface area contributed by atoms with E-state index in [1.54, 1.807) is 20.8 Å². The third kappa shape index (κ3) is 11.4. The van der Waals surface area contributed by atoms with Gasteiger partial charge in [-0.15, -0.1) is 11.8 Å². The van der Waals surface area contributed by atoms with Gasteiger partial charge in [0.05, 0.1) is 0 Å². The Labute approximate surface area is 123 Å². The highest BCUT2D eigenvalue weighted by atomic mass is 32.2. The first-order valence-electron chi connectivity index (χ1n) is 6.96. The summed E-state index contributed by atoms with van der Waals surface area (Å²) in [5, 5.41) is -0.359. The Morgan fingerprint density at radius 3 is 2.25 bits per heavy atom. The van der Waals surface area contributed by atoms with Crippen LogP contribution in [0.1, 0.15) is 59.8 Å². The van der Waals surface area contributed by atoms with E-state index in [9.17, 15) is 18.0 Å². The van der Waals surface area contributed by atoms with Gasteiger partial charge in [-0.05, 0) is 39.4 Å². The molecule has 0 aliphatic heterocycles. The molecule has 0 bridgehead atoms. The lowest BCUT2D eigenvalue weighted by molar-refractivity contribution is -0.154. The molecule has 0 fully saturated rings. The molecule has 0 amide bonds. The number of unbranched alkanes of at least 4 members (excludes halogenated alkanes) is 1. The third-order valence-electron chi connectivity index (χ3n) is 2.41. The molecule has 0 aromatic carbocycles. The molecule has 20 heavy (non-hydrogen) atoms. The molecule has 0 aliphatic rings. The standard InChI is InChI=1S/C14H25F3O2S/c1-5-6-8-11(12(18)19-13(2,3)4)20-10-7-9-14(15,16)17/h11H,5-10H2,1-4H3. The highest BCUT2D eigenvalue weighted by Gasteiger charge is 2.28. The van der Waals surface area contributed by atoms with Crippen molar-refractivity contribution in [2.75, 3.05) is 5.75 Å². The van der Waals surface area contributed by atoms with E-state index in [0.717, 1.165) is 12.8 Å². The number of hydrogen-bond donors (Lipinski definition) is 0. The van der Waals surface area contributed by atoms with Gasteiger partial charge in [0, 0.05) is 6.42 Å². The minimum atomic E-state index is -4.12. The first kappa shape index (κ1) is 19.6. The van der Waals surface area contributed by atoms with Crippen LogP contribution in [-0.4, -0.2) is 28.7 Å². The zero-order chi connectivity index (χ0) is 15.8. The van der Waals surface area contributed by atoms with E-state index in [4.69, 9.17) is 4.74 Å². The van der Waals surface area contributed by atoms with Crippen molar-refractivity contribution < 1.29 is 22.7 Å². The summed E-state index contributed by atoms with van der Waals surface area (Å²) in [4.78, 5) is 12.0. The number of carbonyl (C=O) groups excluding carboxylic acids is 1. The topological polar surface area (TPSA) is 26.3 Å². The molecule has 120 valence electrons. The first-order valence-corrected chi connectivity index (χ1v) is 8.01. The van der Waals surface area contributed by atoms with Crippen molar-refractivity contribution in [3.05, 3.63) is 0 Å². The Balaban J connectivity index is 4.24. The molecular formula is C14H25F3O2S. The minimum absolute atomic E-state index is 0.0413. The number of thioether (sulfide) groups is 1. The van der Waals surface area contributed by atoms with Crippen LogP contribution < -0.4 is 0 Å². The summed E-state index contributed by atoms with van der Waals surface area (Å²) < 4.78 is 41.5. The van der Waals surface area contributed by atoms with E-state index in [-0.39, 0.29) is 17.6 Å². The van der Waals surface area contributed by atoms with Crippen LogP contribution in [0.4, 0.5) is 13.2 Å². The van der Waals surface area contributed by atoms with Crippen molar-refractivity contribution in [2.45, 2.75) is 76.8 Å². The fourth-order valence-corrected chi connectivity index (χ4v) is 2.64. The second kappa shape index (κ2) is 8.80. The lowest BCUT2D eigenvalue weighted by Gasteiger charge is -2.23. The fraction of sp³-hybridized carbons (Fsp3) is 0.929. The van der Waals surface area contributed by atoms with Crippen LogP contribution in [0.15, 0.2) is 0 Å². The molecule has 0 saturated heterocycles. The summed E-state index contributed by atoms with van der Waals surface area (Å²) >= 11 is 1.28. The Bertz CT molecular complexity index is 285. The molecule has 1 unspecified atom stereocenters. The highest BCUT2D eigenvalue weighted by Crippen LogP contribution is 2.26. The summed E-state index contributed by atoms with van der Waals surface area (Å²) in [6.45, 7) is 7.38. The molecule has 6 heteroatoms. The average molecular weight is 314 g/mol. The number of esters is 1. The van der Waals surface area contributed by atoms with Gasteiger partial charge in [-0.1, -0.05) is 19.8 Å². The molecule has 0 aromatic heterocycles. The molecule has 0 aromatic rings. The molecule has 0 heterocycles. The van der Waals surface area contributed by atoms with E-state index in [0.29, 0.717) is 12.2 Å². The fourth-order valence-electron chi connectivity index (χ4n) is 1.52. The van der Waals surface area contributed by atoms with Gasteiger partial charge in [0.2, 0.25) is 0 Å². The number of halogens is 3. The zero-order valence-corrected chi connectivity index (χ0v) is 13.5. The molecular weight excluding hydrogens is 289 g/mol. The smallest absolute Gasteiger partial charge is 0.389 e. The maximum atomic E-state index is 12.1. The molecule has 0 spiro atoms. The Hall–Kier alpha value is -0.390. The van der Waals surface area contributed by atoms with Crippen LogP contribution in [-0.2, 0) is 9.53 Å². The molecule has 0 rings (SSSR count). The van der Waals surface area contributed by atoms with Gasteiger partial charge in [0.1, 0.15) is 10.9 Å². The Morgan fingerprint density at radius 1 is 1.20 bits per heavy atom. The molecule has 0 saturated carbocycles. The monoisotopic (exact) mass is 314 g/mol. The minimum Gasteiger partial charge on any atom is -0.459 e. The lowest BCUT2D eigenvalue weighted by Crippen LogP contribution is -2.30. The highest BCUT2D eigenvalue weighted by molar-refractivity contribution is 8.00. The van der Waals surface area contributed by atoms with Crippen LogP contribution in [0.3, 0.4) is 0 Å². The molecule has 0 N–H and O–H groups in total. The van der Waals surface area contributed by atoms with Gasteiger partial charge >= 0.3 is 12.1 Å². The molecule has 2 nitrogen and oxygen atoms in total. The third-order valence-corrected chi connectivity index (χ3v) is 3.77. The van der Waals surface area contributed by atoms with Crippen molar-refractivity contribution in [3.8, 4) is 0 Å². The van der Waals surface area contributed by atoms with Gasteiger partial charge in [-0.3, -0.25) is 4.79 Å². The maximum absolute atomic E-state index is 12.1. The summed E-state index contributed by atoms with van der Waals surface area (Å²) in [7, 11) is 0. The van der Waals surface area contributed by atoms with Gasteiger partial charge in [-0.2, -0.15) is 13.2 Å². The molecule has 0 aliphatic carbocycles. The average Bonchev–Trinajstić information content (AvgIpc) is 2.24. The number of rotatable bonds is 8. The summed E-state index contributed by atoms with van der Waals surface area (Å²) in [5.41, 5.74) is -0.561. The Morgan fingerprint density at radius 2 is 1.80 bits per heavy atom. The van der Waals surface area contributed by atoms with Crippen LogP contribution in [0.2, 0.25) is 0 Å². The summed E-state index contributed by atoms with van der Waals surface area (Å²) in [6, 6.07) is 0. The summed E-state index contributed by atoms with van der Waals surface area (Å²) in [6.07, 6.45) is -2.40. The summed E-state index contributed by atoms with van der Waals surface area (Å²) in [5.74, 6) is 0.00982. The molecule has 0 radical (unpaired) electrons. The van der Waals surface area contributed by atoms with E-state index in [1.807, 2.05) is 6.92 Å². The largest absolute Gasteiger partial charge is 0.459 e. The predicted molar refractivity (Wildman–Crippen MR) is 76.9 cm³/mol. The Kier molecular flexibility index (Phi) is 8.63. The van der Waals surface area contributed by atoms with Crippen molar-refractivity contribution in [1.29, 1.82) is 0 Å².